The fourth-order valence-electron chi connectivity index (χ4n) is 4.91. The van der Waals surface area contributed by atoms with Crippen LogP contribution in [0, 0.1) is 12.8 Å². The summed E-state index contributed by atoms with van der Waals surface area (Å²) in [6.45, 7) is 7.35. The number of carbonyl (C=O) groups excluding carboxylic acids is 1. The first-order valence-corrected chi connectivity index (χ1v) is 10.1. The van der Waals surface area contributed by atoms with Crippen LogP contribution in [0.2, 0.25) is 0 Å². The molecule has 1 aliphatic carbocycles. The molecule has 1 aliphatic heterocycles. The highest BCUT2D eigenvalue weighted by molar-refractivity contribution is 5.79. The van der Waals surface area contributed by atoms with Crippen molar-refractivity contribution in [2.24, 2.45) is 5.92 Å². The number of H-pyrrole nitrogens is 1. The zero-order valence-electron chi connectivity index (χ0n) is 17.3. The summed E-state index contributed by atoms with van der Waals surface area (Å²) in [4.78, 5) is 27.8. The Morgan fingerprint density at radius 1 is 1.31 bits per heavy atom. The van der Waals surface area contributed by atoms with Crippen LogP contribution >= 0.6 is 0 Å². The molecule has 1 aromatic heterocycles. The van der Waals surface area contributed by atoms with E-state index in [-0.39, 0.29) is 17.4 Å². The number of carbonyl (C=O) groups is 1. The molecular weight excluding hydrogens is 368 g/mol. The summed E-state index contributed by atoms with van der Waals surface area (Å²) < 4.78 is 6.33. The first kappa shape index (κ1) is 19.9. The number of nitrogens with one attached hydrogen (secondary N) is 2. The Bertz CT molecular complexity index is 1060. The van der Waals surface area contributed by atoms with Gasteiger partial charge >= 0.3 is 0 Å². The van der Waals surface area contributed by atoms with Gasteiger partial charge in [0.05, 0.1) is 12.2 Å². The third kappa shape index (κ3) is 3.51. The number of rotatable bonds is 2. The summed E-state index contributed by atoms with van der Waals surface area (Å²) >= 11 is 0. The lowest BCUT2D eigenvalue weighted by Gasteiger charge is -2.52. The third-order valence-electron chi connectivity index (χ3n) is 6.46. The maximum Gasteiger partial charge on any atom is 0.254 e. The fraction of sp³-hybridized carbons (Fsp3) is 0.478. The van der Waals surface area contributed by atoms with E-state index in [1.807, 2.05) is 51.1 Å². The molecule has 0 bridgehead atoms. The second-order valence-corrected chi connectivity index (χ2v) is 8.77. The molecule has 6 heteroatoms. The van der Waals surface area contributed by atoms with Gasteiger partial charge in [-0.2, -0.15) is 0 Å². The number of ether oxygens (including phenoxy) is 1. The number of fused-ring (bicyclic) bond motifs is 2. The molecule has 0 saturated carbocycles. The minimum absolute atomic E-state index is 0.0662. The van der Waals surface area contributed by atoms with Crippen LogP contribution in [0.3, 0.4) is 0 Å². The van der Waals surface area contributed by atoms with Gasteiger partial charge in [0.2, 0.25) is 5.91 Å². The number of hydrogen-bond acceptors (Lipinski definition) is 4. The molecule has 0 spiro atoms. The average molecular weight is 396 g/mol. The zero-order chi connectivity index (χ0) is 20.9. The van der Waals surface area contributed by atoms with Crippen LogP contribution < -0.4 is 10.9 Å². The van der Waals surface area contributed by atoms with Crippen LogP contribution in [0.15, 0.2) is 40.7 Å². The number of allylic oxidation sites excluding steroid dienone is 1. The number of aromatic nitrogens is 1. The molecule has 0 unspecified atom stereocenters. The predicted octanol–water partition coefficient (Wildman–Crippen LogP) is 2.89. The van der Waals surface area contributed by atoms with E-state index in [1.54, 1.807) is 0 Å². The molecule has 3 N–H and O–H groups in total. The summed E-state index contributed by atoms with van der Waals surface area (Å²) in [5.41, 5.74) is 2.45. The predicted molar refractivity (Wildman–Crippen MR) is 112 cm³/mol. The summed E-state index contributed by atoms with van der Waals surface area (Å²) in [7, 11) is 0. The van der Waals surface area contributed by atoms with Crippen molar-refractivity contribution in [2.75, 3.05) is 0 Å². The van der Waals surface area contributed by atoms with E-state index in [2.05, 4.69) is 10.3 Å². The number of aromatic amines is 1. The first-order chi connectivity index (χ1) is 13.7. The van der Waals surface area contributed by atoms with Gasteiger partial charge in [-0.05, 0) is 55.8 Å². The van der Waals surface area contributed by atoms with E-state index >= 15 is 0 Å². The van der Waals surface area contributed by atoms with Gasteiger partial charge in [0, 0.05) is 35.9 Å². The number of amides is 1. The van der Waals surface area contributed by atoms with Crippen LogP contribution in [0.4, 0.5) is 0 Å². The van der Waals surface area contributed by atoms with E-state index in [0.717, 1.165) is 22.0 Å². The average Bonchev–Trinajstić information content (AvgIpc) is 2.63. The standard InChI is InChI=1S/C23H28N2O4/c1-12-5-7-15-10-16(22(28)24-18(15)9-12)19-11-23(4,25-14(3)26)17-8-6-13(2)20(27)21(17)29-19/h5-7,9-10,17,19-21,27H,8,11H2,1-4H3,(H,24,28)(H,25,26)/t17-,19+,20-,21-,23-/m1/s1. The molecule has 154 valence electrons. The van der Waals surface area contributed by atoms with Gasteiger partial charge in [0.25, 0.3) is 5.56 Å². The minimum Gasteiger partial charge on any atom is -0.386 e. The largest absolute Gasteiger partial charge is 0.386 e. The highest BCUT2D eigenvalue weighted by Gasteiger charge is 2.51. The molecule has 29 heavy (non-hydrogen) atoms. The molecule has 4 rings (SSSR count). The monoisotopic (exact) mass is 396 g/mol. The van der Waals surface area contributed by atoms with Gasteiger partial charge in [0.15, 0.2) is 0 Å². The lowest BCUT2D eigenvalue weighted by Crippen LogP contribution is -2.62. The van der Waals surface area contributed by atoms with Crippen molar-refractivity contribution in [3.05, 3.63) is 57.4 Å². The third-order valence-corrected chi connectivity index (χ3v) is 6.46. The number of aliphatic hydroxyl groups excluding tert-OH is 1. The number of aliphatic hydroxyl groups is 1. The summed E-state index contributed by atoms with van der Waals surface area (Å²) in [6, 6.07) is 7.79. The smallest absolute Gasteiger partial charge is 0.254 e. The highest BCUT2D eigenvalue weighted by Crippen LogP contribution is 2.46. The number of benzene rings is 1. The molecule has 1 saturated heterocycles. The van der Waals surface area contributed by atoms with Crippen LogP contribution in [0.25, 0.3) is 10.9 Å². The molecule has 2 aliphatic rings. The highest BCUT2D eigenvalue weighted by atomic mass is 16.5. The Balaban J connectivity index is 1.78. The van der Waals surface area contributed by atoms with Gasteiger partial charge in [0.1, 0.15) is 6.10 Å². The Labute approximate surface area is 170 Å². The zero-order valence-corrected chi connectivity index (χ0v) is 17.3. The van der Waals surface area contributed by atoms with Crippen molar-refractivity contribution in [1.82, 2.24) is 10.3 Å². The Morgan fingerprint density at radius 3 is 2.79 bits per heavy atom. The SMILES string of the molecule is CC(=O)N[C@]1(C)C[C@@H](c2cc3ccc(C)cc3[nH]c2=O)O[C@H]2[C@H](O)C(C)=CC[C@H]21. The maximum absolute atomic E-state index is 12.9. The van der Waals surface area contributed by atoms with Gasteiger partial charge in [-0.15, -0.1) is 0 Å². The summed E-state index contributed by atoms with van der Waals surface area (Å²) in [5.74, 6) is -0.195. The van der Waals surface area contributed by atoms with Crippen molar-refractivity contribution in [3.63, 3.8) is 0 Å². The summed E-state index contributed by atoms with van der Waals surface area (Å²) in [5, 5.41) is 14.8. The van der Waals surface area contributed by atoms with Crippen molar-refractivity contribution in [2.45, 2.75) is 64.4 Å². The van der Waals surface area contributed by atoms with Crippen LogP contribution in [0.5, 0.6) is 0 Å². The molecule has 5 atom stereocenters. The van der Waals surface area contributed by atoms with E-state index in [9.17, 15) is 14.7 Å². The van der Waals surface area contributed by atoms with Crippen LogP contribution in [-0.4, -0.2) is 33.7 Å². The van der Waals surface area contributed by atoms with Crippen LogP contribution in [0.1, 0.15) is 50.8 Å². The second kappa shape index (κ2) is 7.11. The van der Waals surface area contributed by atoms with E-state index < -0.39 is 23.9 Å². The van der Waals surface area contributed by atoms with Crippen molar-refractivity contribution < 1.29 is 14.6 Å². The molecule has 1 amide bonds. The lowest BCUT2D eigenvalue weighted by atomic mass is 9.68. The van der Waals surface area contributed by atoms with E-state index in [1.165, 1.54) is 6.92 Å². The lowest BCUT2D eigenvalue weighted by molar-refractivity contribution is -0.165. The molecule has 2 heterocycles. The van der Waals surface area contributed by atoms with Crippen molar-refractivity contribution in [3.8, 4) is 0 Å². The number of aryl methyl sites for hydroxylation is 1. The Hall–Kier alpha value is -2.44. The van der Waals surface area contributed by atoms with Crippen LogP contribution in [-0.2, 0) is 9.53 Å². The number of pyridine rings is 1. The van der Waals surface area contributed by atoms with Crippen molar-refractivity contribution in [1.29, 1.82) is 0 Å². The normalized spacial score (nSPS) is 31.8. The molecular formula is C23H28N2O4. The van der Waals surface area contributed by atoms with Crippen molar-refractivity contribution >= 4 is 16.8 Å². The molecule has 2 aromatic rings. The Kier molecular flexibility index (Phi) is 4.87. The topological polar surface area (TPSA) is 91.4 Å². The van der Waals surface area contributed by atoms with Gasteiger partial charge in [-0.3, -0.25) is 9.59 Å². The van der Waals surface area contributed by atoms with E-state index in [4.69, 9.17) is 4.74 Å². The first-order valence-electron chi connectivity index (χ1n) is 10.1. The fourth-order valence-corrected chi connectivity index (χ4v) is 4.91. The minimum atomic E-state index is -0.758. The number of hydrogen-bond donors (Lipinski definition) is 3. The molecule has 1 fully saturated rings. The second-order valence-electron chi connectivity index (χ2n) is 8.77. The maximum atomic E-state index is 12.9. The van der Waals surface area contributed by atoms with E-state index in [0.29, 0.717) is 18.4 Å². The molecule has 6 nitrogen and oxygen atoms in total. The quantitative estimate of drug-likeness (QED) is 0.681. The van der Waals surface area contributed by atoms with Gasteiger partial charge in [-0.25, -0.2) is 0 Å². The summed E-state index contributed by atoms with van der Waals surface area (Å²) in [6.07, 6.45) is 1.43. The molecule has 1 aromatic carbocycles. The van der Waals surface area contributed by atoms with Gasteiger partial charge in [-0.1, -0.05) is 18.2 Å². The molecule has 0 radical (unpaired) electrons. The van der Waals surface area contributed by atoms with Gasteiger partial charge < -0.3 is 20.1 Å². The Morgan fingerprint density at radius 2 is 2.07 bits per heavy atom.